The number of hydrogen-bond acceptors (Lipinski definition) is 6. The van der Waals surface area contributed by atoms with Crippen molar-refractivity contribution in [2.75, 3.05) is 11.5 Å². The van der Waals surface area contributed by atoms with Gasteiger partial charge in [-0.05, 0) is 55.8 Å². The molecule has 31 heavy (non-hydrogen) atoms. The SMILES string of the molecule is CCOc1ccc([C@@H]2C(=C(O)c3ccc(F)cc3)C(=O)C(=O)N2c2cc(C)on2)cc1. The van der Waals surface area contributed by atoms with E-state index < -0.39 is 29.3 Å². The van der Waals surface area contributed by atoms with Gasteiger partial charge in [-0.1, -0.05) is 17.3 Å². The van der Waals surface area contributed by atoms with E-state index in [0.717, 1.165) is 12.1 Å². The number of ketones is 1. The highest BCUT2D eigenvalue weighted by Crippen LogP contribution is 2.42. The van der Waals surface area contributed by atoms with Crippen molar-refractivity contribution in [3.8, 4) is 5.75 Å². The predicted molar refractivity (Wildman–Crippen MR) is 110 cm³/mol. The summed E-state index contributed by atoms with van der Waals surface area (Å²) in [5.41, 5.74) is 0.653. The number of rotatable bonds is 5. The molecule has 3 aromatic rings. The van der Waals surface area contributed by atoms with Crippen LogP contribution in [-0.4, -0.2) is 28.6 Å². The third-order valence-corrected chi connectivity index (χ3v) is 4.93. The lowest BCUT2D eigenvalue weighted by atomic mass is 9.95. The molecule has 0 spiro atoms. The summed E-state index contributed by atoms with van der Waals surface area (Å²) < 4.78 is 23.9. The minimum Gasteiger partial charge on any atom is -0.507 e. The number of anilines is 1. The number of ether oxygens (including phenoxy) is 1. The van der Waals surface area contributed by atoms with Gasteiger partial charge in [0.2, 0.25) is 0 Å². The van der Waals surface area contributed by atoms with Gasteiger partial charge in [0.1, 0.15) is 23.1 Å². The van der Waals surface area contributed by atoms with Crippen LogP contribution in [-0.2, 0) is 9.59 Å². The zero-order valence-corrected chi connectivity index (χ0v) is 16.8. The standard InChI is InChI=1S/C23H19FN2O5/c1-3-30-17-10-6-14(7-11-17)20-19(21(27)15-4-8-16(24)9-5-15)22(28)23(29)26(20)18-12-13(2)31-25-18/h4-12,20,27H,3H2,1-2H3/t20-/m1/s1. The smallest absolute Gasteiger partial charge is 0.301 e. The lowest BCUT2D eigenvalue weighted by Gasteiger charge is -2.23. The molecule has 4 rings (SSSR count). The van der Waals surface area contributed by atoms with Gasteiger partial charge in [0.25, 0.3) is 5.78 Å². The van der Waals surface area contributed by atoms with Crippen LogP contribution in [0.15, 0.2) is 64.7 Å². The fraction of sp³-hybridized carbons (Fsp3) is 0.174. The summed E-state index contributed by atoms with van der Waals surface area (Å²) in [6.07, 6.45) is 0. The molecule has 2 aromatic carbocycles. The van der Waals surface area contributed by atoms with Crippen LogP contribution in [0.3, 0.4) is 0 Å². The van der Waals surface area contributed by atoms with Crippen LogP contribution in [0.1, 0.15) is 29.9 Å². The average molecular weight is 422 g/mol. The maximum Gasteiger partial charge on any atom is 0.301 e. The molecule has 0 aliphatic carbocycles. The van der Waals surface area contributed by atoms with Crippen molar-refractivity contribution in [1.29, 1.82) is 0 Å². The minimum absolute atomic E-state index is 0.124. The summed E-state index contributed by atoms with van der Waals surface area (Å²) >= 11 is 0. The normalized spacial score (nSPS) is 17.9. The second-order valence-electron chi connectivity index (χ2n) is 6.97. The van der Waals surface area contributed by atoms with Crippen molar-refractivity contribution in [2.45, 2.75) is 19.9 Å². The molecule has 1 amide bonds. The average Bonchev–Trinajstić information content (AvgIpc) is 3.30. The van der Waals surface area contributed by atoms with Gasteiger partial charge in [0, 0.05) is 11.6 Å². The van der Waals surface area contributed by atoms with E-state index in [1.807, 2.05) is 6.92 Å². The summed E-state index contributed by atoms with van der Waals surface area (Å²) in [6.45, 7) is 4.01. The van der Waals surface area contributed by atoms with Crippen molar-refractivity contribution in [2.24, 2.45) is 0 Å². The molecule has 158 valence electrons. The molecule has 1 N–H and O–H groups in total. The highest BCUT2D eigenvalue weighted by Gasteiger charge is 2.48. The Bertz CT molecular complexity index is 1170. The number of Topliss-reactive ketones (excluding diaryl/α,β-unsaturated/α-hetero) is 1. The summed E-state index contributed by atoms with van der Waals surface area (Å²) in [5.74, 6) is -1.38. The summed E-state index contributed by atoms with van der Waals surface area (Å²) in [5, 5.41) is 14.8. The van der Waals surface area contributed by atoms with E-state index in [0.29, 0.717) is 23.7 Å². The Labute approximate surface area is 177 Å². The van der Waals surface area contributed by atoms with Crippen molar-refractivity contribution in [3.63, 3.8) is 0 Å². The van der Waals surface area contributed by atoms with E-state index >= 15 is 0 Å². The molecular weight excluding hydrogens is 403 g/mol. The molecule has 7 nitrogen and oxygen atoms in total. The first-order chi connectivity index (χ1) is 14.9. The predicted octanol–water partition coefficient (Wildman–Crippen LogP) is 4.15. The molecule has 0 unspecified atom stereocenters. The molecule has 2 heterocycles. The first kappa shape index (κ1) is 20.3. The fourth-order valence-electron chi connectivity index (χ4n) is 3.53. The maximum absolute atomic E-state index is 13.3. The van der Waals surface area contributed by atoms with Gasteiger partial charge < -0.3 is 14.4 Å². The number of nitrogens with zero attached hydrogens (tertiary/aromatic N) is 2. The number of carbonyl (C=O) groups excluding carboxylic acids is 2. The zero-order valence-electron chi connectivity index (χ0n) is 16.8. The van der Waals surface area contributed by atoms with Crippen molar-refractivity contribution >= 4 is 23.3 Å². The van der Waals surface area contributed by atoms with Gasteiger partial charge in [0.15, 0.2) is 5.82 Å². The topological polar surface area (TPSA) is 92.9 Å². The van der Waals surface area contributed by atoms with E-state index in [-0.39, 0.29) is 17.0 Å². The molecular formula is C23H19FN2O5. The molecule has 0 saturated carbocycles. The van der Waals surface area contributed by atoms with Crippen LogP contribution in [0.25, 0.3) is 5.76 Å². The monoisotopic (exact) mass is 422 g/mol. The number of aromatic nitrogens is 1. The first-order valence-corrected chi connectivity index (χ1v) is 9.63. The highest BCUT2D eigenvalue weighted by atomic mass is 19.1. The Morgan fingerprint density at radius 2 is 1.84 bits per heavy atom. The number of carbonyl (C=O) groups is 2. The third kappa shape index (κ3) is 3.68. The first-order valence-electron chi connectivity index (χ1n) is 9.63. The minimum atomic E-state index is -0.953. The molecule has 8 heteroatoms. The molecule has 1 aliphatic rings. The summed E-state index contributed by atoms with van der Waals surface area (Å²) in [6, 6.07) is 12.4. The van der Waals surface area contributed by atoms with Crippen LogP contribution in [0, 0.1) is 12.7 Å². The lowest BCUT2D eigenvalue weighted by molar-refractivity contribution is -0.132. The van der Waals surface area contributed by atoms with Crippen molar-refractivity contribution in [3.05, 3.63) is 82.9 Å². The summed E-state index contributed by atoms with van der Waals surface area (Å²) in [4.78, 5) is 27.1. The quantitative estimate of drug-likeness (QED) is 0.377. The van der Waals surface area contributed by atoms with Gasteiger partial charge in [-0.25, -0.2) is 4.39 Å². The Kier molecular flexibility index (Phi) is 5.29. The Hall–Kier alpha value is -3.94. The van der Waals surface area contributed by atoms with Gasteiger partial charge in [-0.15, -0.1) is 0 Å². The Balaban J connectivity index is 1.89. The zero-order chi connectivity index (χ0) is 22.1. The molecule has 0 bridgehead atoms. The number of amides is 1. The number of benzene rings is 2. The molecule has 1 fully saturated rings. The van der Waals surface area contributed by atoms with Crippen LogP contribution in [0.2, 0.25) is 0 Å². The summed E-state index contributed by atoms with van der Waals surface area (Å²) in [7, 11) is 0. The fourth-order valence-corrected chi connectivity index (χ4v) is 3.53. The Morgan fingerprint density at radius 1 is 1.16 bits per heavy atom. The maximum atomic E-state index is 13.3. The van der Waals surface area contributed by atoms with Gasteiger partial charge in [-0.2, -0.15) is 0 Å². The van der Waals surface area contributed by atoms with Gasteiger partial charge in [-0.3, -0.25) is 14.5 Å². The number of halogens is 1. The van der Waals surface area contributed by atoms with Crippen LogP contribution >= 0.6 is 0 Å². The second kappa shape index (κ2) is 8.06. The van der Waals surface area contributed by atoms with Crippen molar-refractivity contribution < 1.29 is 28.3 Å². The molecule has 0 radical (unpaired) electrons. The molecule has 1 saturated heterocycles. The molecule has 1 aliphatic heterocycles. The van der Waals surface area contributed by atoms with Crippen LogP contribution in [0.5, 0.6) is 5.75 Å². The van der Waals surface area contributed by atoms with E-state index in [1.54, 1.807) is 31.2 Å². The molecule has 1 aromatic heterocycles. The number of aliphatic hydroxyl groups is 1. The van der Waals surface area contributed by atoms with Crippen molar-refractivity contribution in [1.82, 2.24) is 5.16 Å². The number of hydrogen-bond donors (Lipinski definition) is 1. The van der Waals surface area contributed by atoms with Crippen LogP contribution in [0.4, 0.5) is 10.2 Å². The Morgan fingerprint density at radius 3 is 2.42 bits per heavy atom. The number of aryl methyl sites for hydroxylation is 1. The van der Waals surface area contributed by atoms with Crippen LogP contribution < -0.4 is 9.64 Å². The third-order valence-electron chi connectivity index (χ3n) is 4.93. The molecule has 1 atom stereocenters. The van der Waals surface area contributed by atoms with Gasteiger partial charge in [0.05, 0.1) is 18.2 Å². The van der Waals surface area contributed by atoms with Gasteiger partial charge >= 0.3 is 5.91 Å². The highest BCUT2D eigenvalue weighted by molar-refractivity contribution is 6.51. The second-order valence-corrected chi connectivity index (χ2v) is 6.97. The largest absolute Gasteiger partial charge is 0.507 e. The van der Waals surface area contributed by atoms with E-state index in [9.17, 15) is 19.1 Å². The lowest BCUT2D eigenvalue weighted by Crippen LogP contribution is -2.29. The van der Waals surface area contributed by atoms with E-state index in [4.69, 9.17) is 9.26 Å². The number of aliphatic hydroxyl groups excluding tert-OH is 1. The van der Waals surface area contributed by atoms with E-state index in [1.165, 1.54) is 23.1 Å². The van der Waals surface area contributed by atoms with E-state index in [2.05, 4.69) is 5.16 Å².